The third kappa shape index (κ3) is 2.52. The van der Waals surface area contributed by atoms with Crippen LogP contribution in [-0.2, 0) is 11.3 Å². The normalized spacial score (nSPS) is 15.5. The summed E-state index contributed by atoms with van der Waals surface area (Å²) in [4.78, 5) is 25.5. The van der Waals surface area contributed by atoms with Gasteiger partial charge in [0.2, 0.25) is 5.91 Å². The lowest BCUT2D eigenvalue weighted by atomic mass is 10.1. The maximum absolute atomic E-state index is 12.1. The second kappa shape index (κ2) is 5.36. The predicted octanol–water partition coefficient (Wildman–Crippen LogP) is 1.11. The molecule has 1 fully saturated rings. The summed E-state index contributed by atoms with van der Waals surface area (Å²) in [5.74, 6) is -0.569. The molecule has 0 bridgehead atoms. The minimum atomic E-state index is -0.633. The summed E-state index contributed by atoms with van der Waals surface area (Å²) in [6, 6.07) is 1.64. The molecule has 0 atom stereocenters. The summed E-state index contributed by atoms with van der Waals surface area (Å²) in [6.07, 6.45) is 6.08. The number of piperidine rings is 1. The number of hydrogen-bond acceptors (Lipinski definition) is 5. The van der Waals surface area contributed by atoms with Crippen LogP contribution in [0.25, 0.3) is 11.5 Å². The molecule has 2 aromatic rings. The zero-order valence-electron chi connectivity index (χ0n) is 10.9. The monoisotopic (exact) mass is 277 g/mol. The minimum absolute atomic E-state index is 0.0832. The summed E-state index contributed by atoms with van der Waals surface area (Å²) >= 11 is 0. The van der Waals surface area contributed by atoms with Crippen LogP contribution in [0.2, 0.25) is 0 Å². The third-order valence-corrected chi connectivity index (χ3v) is 3.37. The van der Waals surface area contributed by atoms with Gasteiger partial charge in [0, 0.05) is 13.1 Å². The van der Waals surface area contributed by atoms with Gasteiger partial charge in [0.05, 0.1) is 11.8 Å². The van der Waals surface area contributed by atoms with E-state index in [-0.39, 0.29) is 18.3 Å². The van der Waals surface area contributed by atoms with Crippen LogP contribution in [0.1, 0.15) is 19.3 Å². The smallest absolute Gasteiger partial charge is 0.437 e. The Hall–Kier alpha value is -2.31. The second-order valence-electron chi connectivity index (χ2n) is 4.78. The standard InChI is InChI=1S/C13H15N3O4/c17-11(15-5-2-1-3-6-15)8-16-13(18)20-12(14-16)10-4-7-19-9-10/h4,7,9H,1-3,5-6,8H2. The average molecular weight is 277 g/mol. The highest BCUT2D eigenvalue weighted by Gasteiger charge is 2.19. The first-order valence-corrected chi connectivity index (χ1v) is 6.62. The number of amides is 1. The largest absolute Gasteiger partial charge is 0.472 e. The molecule has 7 heteroatoms. The summed E-state index contributed by atoms with van der Waals surface area (Å²) < 4.78 is 11.0. The summed E-state index contributed by atoms with van der Waals surface area (Å²) in [7, 11) is 0. The number of carbonyl (C=O) groups is 1. The highest BCUT2D eigenvalue weighted by molar-refractivity contribution is 5.76. The maximum atomic E-state index is 12.1. The van der Waals surface area contributed by atoms with Crippen molar-refractivity contribution in [3.63, 3.8) is 0 Å². The molecule has 7 nitrogen and oxygen atoms in total. The Morgan fingerprint density at radius 3 is 2.80 bits per heavy atom. The Labute approximate surface area is 114 Å². The molecule has 1 aliphatic heterocycles. The van der Waals surface area contributed by atoms with E-state index in [0.29, 0.717) is 5.56 Å². The fraction of sp³-hybridized carbons (Fsp3) is 0.462. The van der Waals surface area contributed by atoms with Crippen LogP contribution in [-0.4, -0.2) is 33.7 Å². The Balaban J connectivity index is 1.74. The molecule has 0 saturated carbocycles. The maximum Gasteiger partial charge on any atom is 0.437 e. The van der Waals surface area contributed by atoms with Gasteiger partial charge in [-0.2, -0.15) is 4.68 Å². The van der Waals surface area contributed by atoms with Crippen molar-refractivity contribution in [2.45, 2.75) is 25.8 Å². The van der Waals surface area contributed by atoms with E-state index in [1.807, 2.05) is 0 Å². The number of carbonyl (C=O) groups excluding carboxylic acids is 1. The first kappa shape index (κ1) is 12.7. The van der Waals surface area contributed by atoms with Crippen LogP contribution >= 0.6 is 0 Å². The lowest BCUT2D eigenvalue weighted by molar-refractivity contribution is -0.133. The van der Waals surface area contributed by atoms with Crippen molar-refractivity contribution in [2.24, 2.45) is 0 Å². The molecule has 0 unspecified atom stereocenters. The quantitative estimate of drug-likeness (QED) is 0.839. The van der Waals surface area contributed by atoms with Gasteiger partial charge in [-0.25, -0.2) is 4.79 Å². The van der Waals surface area contributed by atoms with Gasteiger partial charge in [-0.05, 0) is 25.3 Å². The van der Waals surface area contributed by atoms with E-state index >= 15 is 0 Å². The van der Waals surface area contributed by atoms with Gasteiger partial charge in [-0.1, -0.05) is 0 Å². The van der Waals surface area contributed by atoms with Gasteiger partial charge in [0.25, 0.3) is 5.89 Å². The van der Waals surface area contributed by atoms with Crippen LogP contribution < -0.4 is 5.76 Å². The van der Waals surface area contributed by atoms with E-state index in [1.54, 1.807) is 11.0 Å². The molecule has 0 aromatic carbocycles. The van der Waals surface area contributed by atoms with Crippen molar-refractivity contribution in [3.05, 3.63) is 29.1 Å². The predicted molar refractivity (Wildman–Crippen MR) is 68.9 cm³/mol. The number of aromatic nitrogens is 2. The summed E-state index contributed by atoms with van der Waals surface area (Å²) in [5.41, 5.74) is 0.575. The summed E-state index contributed by atoms with van der Waals surface area (Å²) in [5, 5.41) is 4.02. The van der Waals surface area contributed by atoms with E-state index in [9.17, 15) is 9.59 Å². The number of nitrogens with zero attached hydrogens (tertiary/aromatic N) is 3. The highest BCUT2D eigenvalue weighted by Crippen LogP contribution is 2.15. The number of hydrogen-bond donors (Lipinski definition) is 0. The molecule has 20 heavy (non-hydrogen) atoms. The topological polar surface area (TPSA) is 81.5 Å². The minimum Gasteiger partial charge on any atom is -0.472 e. The number of likely N-dealkylation sites (tertiary alicyclic amines) is 1. The molecular formula is C13H15N3O4. The zero-order chi connectivity index (χ0) is 13.9. The van der Waals surface area contributed by atoms with Crippen LogP contribution in [0.4, 0.5) is 0 Å². The molecular weight excluding hydrogens is 262 g/mol. The van der Waals surface area contributed by atoms with Crippen LogP contribution in [0, 0.1) is 0 Å². The molecule has 0 spiro atoms. The van der Waals surface area contributed by atoms with Gasteiger partial charge in [0.1, 0.15) is 12.8 Å². The molecule has 3 heterocycles. The summed E-state index contributed by atoms with van der Waals surface area (Å²) in [6.45, 7) is 1.42. The van der Waals surface area contributed by atoms with E-state index in [4.69, 9.17) is 8.83 Å². The first-order chi connectivity index (χ1) is 9.74. The third-order valence-electron chi connectivity index (χ3n) is 3.37. The molecule has 0 N–H and O–H groups in total. The van der Waals surface area contributed by atoms with Crippen LogP contribution in [0.3, 0.4) is 0 Å². The Bertz CT molecular complexity index is 635. The Kier molecular flexibility index (Phi) is 3.41. The lowest BCUT2D eigenvalue weighted by Gasteiger charge is -2.26. The van der Waals surface area contributed by atoms with Crippen molar-refractivity contribution >= 4 is 5.91 Å². The van der Waals surface area contributed by atoms with E-state index < -0.39 is 5.76 Å². The van der Waals surface area contributed by atoms with Gasteiger partial charge in [0.15, 0.2) is 0 Å². The zero-order valence-corrected chi connectivity index (χ0v) is 10.9. The van der Waals surface area contributed by atoms with Gasteiger partial charge >= 0.3 is 5.76 Å². The highest BCUT2D eigenvalue weighted by atomic mass is 16.4. The first-order valence-electron chi connectivity index (χ1n) is 6.62. The Morgan fingerprint density at radius 2 is 2.10 bits per heavy atom. The van der Waals surface area contributed by atoms with E-state index in [1.165, 1.54) is 12.5 Å². The Morgan fingerprint density at radius 1 is 1.30 bits per heavy atom. The van der Waals surface area contributed by atoms with Crippen molar-refractivity contribution < 1.29 is 13.6 Å². The van der Waals surface area contributed by atoms with Gasteiger partial charge in [-0.3, -0.25) is 4.79 Å². The average Bonchev–Trinajstić information content (AvgIpc) is 3.10. The molecule has 1 aliphatic rings. The van der Waals surface area contributed by atoms with Crippen molar-refractivity contribution in [2.75, 3.05) is 13.1 Å². The van der Waals surface area contributed by atoms with E-state index in [0.717, 1.165) is 37.0 Å². The van der Waals surface area contributed by atoms with Crippen LogP contribution in [0.15, 0.2) is 32.2 Å². The lowest BCUT2D eigenvalue weighted by Crippen LogP contribution is -2.39. The van der Waals surface area contributed by atoms with Gasteiger partial charge in [-0.15, -0.1) is 5.10 Å². The molecule has 3 rings (SSSR count). The van der Waals surface area contributed by atoms with E-state index in [2.05, 4.69) is 5.10 Å². The molecule has 1 saturated heterocycles. The number of rotatable bonds is 3. The molecule has 0 aliphatic carbocycles. The SMILES string of the molecule is O=C(Cn1nc(-c2ccoc2)oc1=O)N1CCCCC1. The van der Waals surface area contributed by atoms with Gasteiger partial charge < -0.3 is 13.7 Å². The second-order valence-corrected chi connectivity index (χ2v) is 4.78. The molecule has 0 radical (unpaired) electrons. The van der Waals surface area contributed by atoms with Crippen molar-refractivity contribution in [1.82, 2.24) is 14.7 Å². The fourth-order valence-electron chi connectivity index (χ4n) is 2.28. The van der Waals surface area contributed by atoms with Crippen molar-refractivity contribution in [1.29, 1.82) is 0 Å². The molecule has 2 aromatic heterocycles. The number of furan rings is 1. The van der Waals surface area contributed by atoms with Crippen LogP contribution in [0.5, 0.6) is 0 Å². The van der Waals surface area contributed by atoms with Crippen molar-refractivity contribution in [3.8, 4) is 11.5 Å². The molecule has 1 amide bonds. The molecule has 106 valence electrons. The fourth-order valence-corrected chi connectivity index (χ4v) is 2.28.